The van der Waals surface area contributed by atoms with Gasteiger partial charge in [0, 0.05) is 19.2 Å². The van der Waals surface area contributed by atoms with Crippen LogP contribution in [0.4, 0.5) is 0 Å². The van der Waals surface area contributed by atoms with Gasteiger partial charge in [-0.15, -0.1) is 0 Å². The molecule has 114 valence electrons. The highest BCUT2D eigenvalue weighted by Crippen LogP contribution is 2.16. The maximum Gasteiger partial charge on any atom is 0.240 e. The molecule has 2 unspecified atom stereocenters. The summed E-state index contributed by atoms with van der Waals surface area (Å²) in [6.45, 7) is 7.07. The van der Waals surface area contributed by atoms with Gasteiger partial charge >= 0.3 is 0 Å². The first kappa shape index (κ1) is 17.1. The fraction of sp³-hybridized carbons (Fsp3) is 0.571. The minimum atomic E-state index is -3.49. The first-order valence-electron chi connectivity index (χ1n) is 6.75. The van der Waals surface area contributed by atoms with Crippen molar-refractivity contribution in [2.75, 3.05) is 20.3 Å². The van der Waals surface area contributed by atoms with Gasteiger partial charge in [-0.1, -0.05) is 19.1 Å². The lowest BCUT2D eigenvalue weighted by molar-refractivity contribution is 0.180. The molecule has 0 aromatic heterocycles. The third-order valence-electron chi connectivity index (χ3n) is 2.97. The molecule has 2 atom stereocenters. The predicted octanol–water partition coefficient (Wildman–Crippen LogP) is 1.67. The maximum atomic E-state index is 12.1. The van der Waals surface area contributed by atoms with Crippen LogP contribution in [0, 0.1) is 0 Å². The molecule has 5 nitrogen and oxygen atoms in total. The van der Waals surface area contributed by atoms with E-state index in [2.05, 4.69) is 10.0 Å². The highest BCUT2D eigenvalue weighted by molar-refractivity contribution is 7.89. The first-order chi connectivity index (χ1) is 9.40. The molecular formula is C14H24N2O3S. The second kappa shape index (κ2) is 7.73. The quantitative estimate of drug-likeness (QED) is 0.766. The van der Waals surface area contributed by atoms with Gasteiger partial charge < -0.3 is 10.1 Å². The third-order valence-corrected chi connectivity index (χ3v) is 4.58. The Bertz CT molecular complexity index is 500. The van der Waals surface area contributed by atoms with Gasteiger partial charge in [-0.25, -0.2) is 13.1 Å². The summed E-state index contributed by atoms with van der Waals surface area (Å²) in [5.74, 6) is 0. The Hall–Kier alpha value is -0.950. The Morgan fingerprint density at radius 3 is 2.30 bits per heavy atom. The van der Waals surface area contributed by atoms with Crippen molar-refractivity contribution in [3.63, 3.8) is 0 Å². The maximum absolute atomic E-state index is 12.1. The summed E-state index contributed by atoms with van der Waals surface area (Å²) in [5, 5.41) is 3.29. The largest absolute Gasteiger partial charge is 0.383 e. The van der Waals surface area contributed by atoms with E-state index in [-0.39, 0.29) is 17.0 Å². The van der Waals surface area contributed by atoms with Gasteiger partial charge in [0.05, 0.1) is 11.5 Å². The van der Waals surface area contributed by atoms with Crippen LogP contribution in [0.15, 0.2) is 29.2 Å². The van der Waals surface area contributed by atoms with Crippen LogP contribution < -0.4 is 10.0 Å². The minimum absolute atomic E-state index is 0.206. The summed E-state index contributed by atoms with van der Waals surface area (Å²) < 4.78 is 31.8. The average molecular weight is 300 g/mol. The summed E-state index contributed by atoms with van der Waals surface area (Å²) in [7, 11) is -1.94. The highest BCUT2D eigenvalue weighted by Gasteiger charge is 2.17. The summed E-state index contributed by atoms with van der Waals surface area (Å²) in [5.41, 5.74) is 1.07. The van der Waals surface area contributed by atoms with Crippen molar-refractivity contribution in [3.8, 4) is 0 Å². The van der Waals surface area contributed by atoms with Crippen LogP contribution >= 0.6 is 0 Å². The second-order valence-corrected chi connectivity index (χ2v) is 6.54. The number of hydrogen-bond acceptors (Lipinski definition) is 4. The summed E-state index contributed by atoms with van der Waals surface area (Å²) in [6, 6.07) is 6.88. The molecule has 1 rings (SSSR count). The number of methoxy groups -OCH3 is 1. The Labute approximate surface area is 121 Å². The molecule has 0 saturated heterocycles. The fourth-order valence-electron chi connectivity index (χ4n) is 1.98. The average Bonchev–Trinajstić information content (AvgIpc) is 2.39. The normalized spacial score (nSPS) is 15.0. The van der Waals surface area contributed by atoms with Gasteiger partial charge in [0.1, 0.15) is 0 Å². The number of ether oxygens (including phenoxy) is 1. The lowest BCUT2D eigenvalue weighted by Gasteiger charge is -2.15. The van der Waals surface area contributed by atoms with Crippen molar-refractivity contribution in [1.82, 2.24) is 10.0 Å². The van der Waals surface area contributed by atoms with E-state index in [1.807, 2.05) is 26.0 Å². The molecule has 0 radical (unpaired) electrons. The van der Waals surface area contributed by atoms with Crippen molar-refractivity contribution in [2.24, 2.45) is 0 Å². The summed E-state index contributed by atoms with van der Waals surface area (Å²) in [6.07, 6.45) is 0. The van der Waals surface area contributed by atoms with Gasteiger partial charge in [0.15, 0.2) is 0 Å². The Kier molecular flexibility index (Phi) is 6.61. The monoisotopic (exact) mass is 300 g/mol. The lowest BCUT2D eigenvalue weighted by atomic mass is 10.1. The van der Waals surface area contributed by atoms with Crippen LogP contribution in [0.5, 0.6) is 0 Å². The molecule has 0 aliphatic carbocycles. The number of hydrogen-bond donors (Lipinski definition) is 2. The van der Waals surface area contributed by atoms with E-state index in [4.69, 9.17) is 4.74 Å². The van der Waals surface area contributed by atoms with E-state index in [9.17, 15) is 8.42 Å². The van der Waals surface area contributed by atoms with E-state index < -0.39 is 10.0 Å². The Morgan fingerprint density at radius 2 is 1.80 bits per heavy atom. The van der Waals surface area contributed by atoms with E-state index in [0.717, 1.165) is 12.1 Å². The molecule has 0 amide bonds. The van der Waals surface area contributed by atoms with Crippen molar-refractivity contribution in [1.29, 1.82) is 0 Å². The van der Waals surface area contributed by atoms with Crippen LogP contribution in [-0.4, -0.2) is 34.7 Å². The Morgan fingerprint density at radius 1 is 1.20 bits per heavy atom. The molecule has 0 spiro atoms. The van der Waals surface area contributed by atoms with Crippen LogP contribution in [0.3, 0.4) is 0 Å². The van der Waals surface area contributed by atoms with Crippen molar-refractivity contribution >= 4 is 10.0 Å². The van der Waals surface area contributed by atoms with Crippen LogP contribution in [0.2, 0.25) is 0 Å². The molecule has 0 heterocycles. The second-order valence-electron chi connectivity index (χ2n) is 4.83. The molecule has 0 bridgehead atoms. The molecule has 0 aliphatic heterocycles. The summed E-state index contributed by atoms with van der Waals surface area (Å²) in [4.78, 5) is 0.271. The van der Waals surface area contributed by atoms with Gasteiger partial charge in [-0.3, -0.25) is 0 Å². The van der Waals surface area contributed by atoms with Crippen LogP contribution in [0.25, 0.3) is 0 Å². The van der Waals surface area contributed by atoms with Crippen molar-refractivity contribution in [3.05, 3.63) is 29.8 Å². The van der Waals surface area contributed by atoms with Crippen molar-refractivity contribution < 1.29 is 13.2 Å². The molecule has 20 heavy (non-hydrogen) atoms. The number of sulfonamides is 1. The Balaban J connectivity index is 2.81. The number of benzene rings is 1. The standard InChI is InChI=1S/C14H24N2O3S/c1-5-15-12(3)13-6-8-14(9-7-13)20(17,18)16-11(2)10-19-4/h6-9,11-12,15-16H,5,10H2,1-4H3. The topological polar surface area (TPSA) is 67.4 Å². The molecule has 0 fully saturated rings. The smallest absolute Gasteiger partial charge is 0.240 e. The molecule has 0 saturated carbocycles. The lowest BCUT2D eigenvalue weighted by Crippen LogP contribution is -2.35. The zero-order valence-electron chi connectivity index (χ0n) is 12.5. The first-order valence-corrected chi connectivity index (χ1v) is 8.23. The van der Waals surface area contributed by atoms with Crippen molar-refractivity contribution in [2.45, 2.75) is 37.8 Å². The van der Waals surface area contributed by atoms with Gasteiger partial charge in [-0.05, 0) is 38.1 Å². The van der Waals surface area contributed by atoms with E-state index >= 15 is 0 Å². The number of rotatable bonds is 8. The highest BCUT2D eigenvalue weighted by atomic mass is 32.2. The van der Waals surface area contributed by atoms with Gasteiger partial charge in [0.2, 0.25) is 10.0 Å². The summed E-state index contributed by atoms with van der Waals surface area (Å²) >= 11 is 0. The zero-order chi connectivity index (χ0) is 15.2. The third kappa shape index (κ3) is 4.86. The molecule has 2 N–H and O–H groups in total. The van der Waals surface area contributed by atoms with Gasteiger partial charge in [-0.2, -0.15) is 0 Å². The molecule has 1 aromatic carbocycles. The van der Waals surface area contributed by atoms with E-state index in [1.165, 1.54) is 0 Å². The molecular weight excluding hydrogens is 276 g/mol. The minimum Gasteiger partial charge on any atom is -0.383 e. The molecule has 1 aromatic rings. The van der Waals surface area contributed by atoms with E-state index in [0.29, 0.717) is 6.61 Å². The predicted molar refractivity (Wildman–Crippen MR) is 80.2 cm³/mol. The van der Waals surface area contributed by atoms with E-state index in [1.54, 1.807) is 26.2 Å². The van der Waals surface area contributed by atoms with Crippen LogP contribution in [-0.2, 0) is 14.8 Å². The fourth-order valence-corrected chi connectivity index (χ4v) is 3.20. The van der Waals surface area contributed by atoms with Gasteiger partial charge in [0.25, 0.3) is 0 Å². The zero-order valence-corrected chi connectivity index (χ0v) is 13.3. The molecule has 6 heteroatoms. The molecule has 0 aliphatic rings. The number of nitrogens with one attached hydrogen (secondary N) is 2. The van der Waals surface area contributed by atoms with Crippen LogP contribution in [0.1, 0.15) is 32.4 Å². The SMILES string of the molecule is CCNC(C)c1ccc(S(=O)(=O)NC(C)COC)cc1.